The monoisotopic (exact) mass is 174 g/mol. The smallest absolute Gasteiger partial charge is 0.335 e. The second-order valence-corrected chi connectivity index (χ2v) is 2.10. The van der Waals surface area contributed by atoms with Crippen molar-refractivity contribution < 1.29 is 23.8 Å². The topological polar surface area (TPSA) is 57.5 Å². The van der Waals surface area contributed by atoms with Gasteiger partial charge in [0.05, 0.1) is 5.56 Å². The maximum atomic E-state index is 12.4. The lowest BCUT2D eigenvalue weighted by atomic mass is 10.2. The van der Waals surface area contributed by atoms with Crippen molar-refractivity contribution in [1.29, 1.82) is 0 Å². The predicted octanol–water partition coefficient (Wildman–Crippen LogP) is 1.37. The molecule has 1 aromatic carbocycles. The van der Waals surface area contributed by atoms with Crippen LogP contribution < -0.4 is 0 Å². The standard InChI is InChI=1S/C7H4F2O3/c8-4-1-3(7(11)12)2-5(10)6(4)9/h1-2,10H,(H,11,12). The van der Waals surface area contributed by atoms with Crippen molar-refractivity contribution in [3.05, 3.63) is 29.3 Å². The maximum Gasteiger partial charge on any atom is 0.335 e. The van der Waals surface area contributed by atoms with Crippen molar-refractivity contribution in [1.82, 2.24) is 0 Å². The Bertz CT molecular complexity index is 312. The number of carboxylic acids is 1. The van der Waals surface area contributed by atoms with Crippen LogP contribution in [0.3, 0.4) is 0 Å². The maximum absolute atomic E-state index is 12.4. The lowest BCUT2D eigenvalue weighted by molar-refractivity contribution is 0.0695. The fraction of sp³-hybridized carbons (Fsp3) is 0. The number of hydrogen-bond donors (Lipinski definition) is 2. The molecule has 0 saturated heterocycles. The molecule has 5 heteroatoms. The average Bonchev–Trinajstić information content (AvgIpc) is 1.99. The highest BCUT2D eigenvalue weighted by atomic mass is 19.2. The van der Waals surface area contributed by atoms with Gasteiger partial charge in [-0.1, -0.05) is 0 Å². The minimum Gasteiger partial charge on any atom is -0.505 e. The van der Waals surface area contributed by atoms with Gasteiger partial charge in [0.15, 0.2) is 17.4 Å². The van der Waals surface area contributed by atoms with E-state index >= 15 is 0 Å². The van der Waals surface area contributed by atoms with Crippen LogP contribution >= 0.6 is 0 Å². The molecule has 0 bridgehead atoms. The van der Waals surface area contributed by atoms with E-state index in [0.29, 0.717) is 12.1 Å². The molecule has 0 aromatic heterocycles. The minimum absolute atomic E-state index is 0.494. The van der Waals surface area contributed by atoms with E-state index in [0.717, 1.165) is 0 Å². The van der Waals surface area contributed by atoms with Crippen LogP contribution in [0.15, 0.2) is 12.1 Å². The molecule has 0 amide bonds. The summed E-state index contributed by atoms with van der Waals surface area (Å²) in [6.45, 7) is 0. The highest BCUT2D eigenvalue weighted by Gasteiger charge is 2.12. The second kappa shape index (κ2) is 2.77. The number of carboxylic acid groups (broad SMARTS) is 1. The molecule has 0 atom stereocenters. The molecule has 64 valence electrons. The molecule has 0 spiro atoms. The van der Waals surface area contributed by atoms with Crippen LogP contribution in [0, 0.1) is 11.6 Å². The van der Waals surface area contributed by atoms with Gasteiger partial charge in [0.2, 0.25) is 0 Å². The average molecular weight is 174 g/mol. The normalized spacial score (nSPS) is 9.83. The van der Waals surface area contributed by atoms with Crippen LogP contribution in [0.5, 0.6) is 5.75 Å². The first kappa shape index (κ1) is 8.45. The van der Waals surface area contributed by atoms with Gasteiger partial charge in [0, 0.05) is 0 Å². The lowest BCUT2D eigenvalue weighted by Gasteiger charge is -1.98. The van der Waals surface area contributed by atoms with E-state index in [1.807, 2.05) is 0 Å². The molecule has 12 heavy (non-hydrogen) atoms. The number of phenolic OH excluding ortho intramolecular Hbond substituents is 1. The zero-order chi connectivity index (χ0) is 9.30. The van der Waals surface area contributed by atoms with E-state index in [-0.39, 0.29) is 0 Å². The molecular weight excluding hydrogens is 170 g/mol. The third-order valence-electron chi connectivity index (χ3n) is 1.26. The lowest BCUT2D eigenvalue weighted by Crippen LogP contribution is -1.98. The summed E-state index contributed by atoms with van der Waals surface area (Å²) >= 11 is 0. The summed E-state index contributed by atoms with van der Waals surface area (Å²) in [4.78, 5) is 10.2. The molecule has 0 aliphatic carbocycles. The largest absolute Gasteiger partial charge is 0.505 e. The van der Waals surface area contributed by atoms with Gasteiger partial charge in [-0.25, -0.2) is 9.18 Å². The first-order valence-corrected chi connectivity index (χ1v) is 2.93. The number of benzene rings is 1. The Balaban J connectivity index is 3.31. The van der Waals surface area contributed by atoms with Gasteiger partial charge in [0.25, 0.3) is 0 Å². The molecule has 0 aliphatic heterocycles. The highest BCUT2D eigenvalue weighted by molar-refractivity contribution is 5.88. The fourth-order valence-electron chi connectivity index (χ4n) is 0.698. The Hall–Kier alpha value is -1.65. The van der Waals surface area contributed by atoms with E-state index in [1.54, 1.807) is 0 Å². The molecule has 1 aromatic rings. The van der Waals surface area contributed by atoms with Gasteiger partial charge in [0.1, 0.15) is 0 Å². The molecule has 3 nitrogen and oxygen atoms in total. The van der Waals surface area contributed by atoms with Crippen LogP contribution in [0.4, 0.5) is 8.78 Å². The number of rotatable bonds is 1. The summed E-state index contributed by atoms with van der Waals surface area (Å²) < 4.78 is 24.8. The van der Waals surface area contributed by atoms with Gasteiger partial charge < -0.3 is 10.2 Å². The van der Waals surface area contributed by atoms with Crippen molar-refractivity contribution in [3.63, 3.8) is 0 Å². The second-order valence-electron chi connectivity index (χ2n) is 2.10. The summed E-state index contributed by atoms with van der Waals surface area (Å²) in [7, 11) is 0. The molecule has 1 rings (SSSR count). The molecule has 0 unspecified atom stereocenters. The van der Waals surface area contributed by atoms with Crippen LogP contribution in [0.25, 0.3) is 0 Å². The van der Waals surface area contributed by atoms with E-state index in [1.165, 1.54) is 0 Å². The summed E-state index contributed by atoms with van der Waals surface area (Å²) in [5.41, 5.74) is -0.494. The molecule has 0 aliphatic rings. The third kappa shape index (κ3) is 1.34. The number of aromatic carboxylic acids is 1. The molecule has 0 radical (unpaired) electrons. The summed E-state index contributed by atoms with van der Waals surface area (Å²) in [6, 6.07) is 1.14. The van der Waals surface area contributed by atoms with Gasteiger partial charge in [-0.05, 0) is 12.1 Å². The number of phenols is 1. The van der Waals surface area contributed by atoms with E-state index in [2.05, 4.69) is 0 Å². The number of carbonyl (C=O) groups is 1. The predicted molar refractivity (Wildman–Crippen MR) is 35.0 cm³/mol. The highest BCUT2D eigenvalue weighted by Crippen LogP contribution is 2.20. The van der Waals surface area contributed by atoms with Gasteiger partial charge in [-0.3, -0.25) is 0 Å². The molecule has 0 heterocycles. The number of halogens is 2. The first-order valence-electron chi connectivity index (χ1n) is 2.93. The fourth-order valence-corrected chi connectivity index (χ4v) is 0.698. The third-order valence-corrected chi connectivity index (χ3v) is 1.26. The SMILES string of the molecule is O=C(O)c1cc(O)c(F)c(F)c1. The Morgan fingerprint density at radius 3 is 2.33 bits per heavy atom. The molecular formula is C7H4F2O3. The van der Waals surface area contributed by atoms with E-state index in [9.17, 15) is 13.6 Å². The number of hydrogen-bond acceptors (Lipinski definition) is 2. The van der Waals surface area contributed by atoms with Gasteiger partial charge in [-0.2, -0.15) is 4.39 Å². The van der Waals surface area contributed by atoms with E-state index < -0.39 is 28.9 Å². The summed E-state index contributed by atoms with van der Waals surface area (Å²) in [6.07, 6.45) is 0. The summed E-state index contributed by atoms with van der Waals surface area (Å²) in [5, 5.41) is 17.0. The quantitative estimate of drug-likeness (QED) is 0.675. The summed E-state index contributed by atoms with van der Waals surface area (Å²) in [5.74, 6) is -5.26. The van der Waals surface area contributed by atoms with Crippen molar-refractivity contribution in [2.45, 2.75) is 0 Å². The van der Waals surface area contributed by atoms with Crippen molar-refractivity contribution in [2.24, 2.45) is 0 Å². The van der Waals surface area contributed by atoms with Crippen LogP contribution in [-0.4, -0.2) is 16.2 Å². The van der Waals surface area contributed by atoms with Crippen molar-refractivity contribution in [2.75, 3.05) is 0 Å². The van der Waals surface area contributed by atoms with Crippen molar-refractivity contribution in [3.8, 4) is 5.75 Å². The van der Waals surface area contributed by atoms with Gasteiger partial charge >= 0.3 is 5.97 Å². The molecule has 2 N–H and O–H groups in total. The Kier molecular flexibility index (Phi) is 1.95. The zero-order valence-corrected chi connectivity index (χ0v) is 5.71. The number of aromatic hydroxyl groups is 1. The Morgan fingerprint density at radius 1 is 1.33 bits per heavy atom. The first-order chi connectivity index (χ1) is 5.52. The zero-order valence-electron chi connectivity index (χ0n) is 5.71. The minimum atomic E-state index is -1.44. The molecule has 0 saturated carbocycles. The van der Waals surface area contributed by atoms with E-state index in [4.69, 9.17) is 10.2 Å². The van der Waals surface area contributed by atoms with Crippen LogP contribution in [0.1, 0.15) is 10.4 Å². The van der Waals surface area contributed by atoms with Crippen LogP contribution in [0.2, 0.25) is 0 Å². The Labute approximate surface area is 65.9 Å². The Morgan fingerprint density at radius 2 is 1.92 bits per heavy atom. The molecule has 0 fully saturated rings. The van der Waals surface area contributed by atoms with Crippen molar-refractivity contribution >= 4 is 5.97 Å². The van der Waals surface area contributed by atoms with Gasteiger partial charge in [-0.15, -0.1) is 0 Å². The van der Waals surface area contributed by atoms with Crippen LogP contribution in [-0.2, 0) is 0 Å².